The van der Waals surface area contributed by atoms with E-state index in [1.807, 2.05) is 0 Å². The van der Waals surface area contributed by atoms with Crippen LogP contribution in [0.15, 0.2) is 12.1 Å². The van der Waals surface area contributed by atoms with Gasteiger partial charge in [0.1, 0.15) is 12.4 Å². The normalized spacial score (nSPS) is 13.3. The molecule has 0 fully saturated rings. The quantitative estimate of drug-likeness (QED) is 0.498. The highest BCUT2D eigenvalue weighted by Crippen LogP contribution is 2.36. The zero-order valence-corrected chi connectivity index (χ0v) is 11.8. The lowest BCUT2D eigenvalue weighted by molar-refractivity contribution is -0.144. The van der Waals surface area contributed by atoms with Crippen LogP contribution in [0.3, 0.4) is 0 Å². The maximum Gasteiger partial charge on any atom is 0.308 e. The number of ether oxygens (including phenoxy) is 2. The number of aliphatic hydroxyl groups excluding tert-OH is 2. The Hall–Kier alpha value is -2.12. The number of hydrogen-bond donors (Lipinski definition) is 3. The molecule has 1 aromatic rings. The number of phenolic OH excluding ortho intramolecular Hbond substituents is 1. The maximum atomic E-state index is 11.1. The van der Waals surface area contributed by atoms with Gasteiger partial charge in [-0.15, -0.1) is 0 Å². The number of benzene rings is 1. The molecule has 0 radical (unpaired) electrons. The van der Waals surface area contributed by atoms with E-state index in [-0.39, 0.29) is 29.2 Å². The molecule has 0 saturated carbocycles. The van der Waals surface area contributed by atoms with Crippen LogP contribution in [0.1, 0.15) is 35.4 Å². The van der Waals surface area contributed by atoms with Gasteiger partial charge in [0.05, 0.1) is 26.2 Å². The number of rotatable bonds is 7. The minimum absolute atomic E-state index is 0.0152. The van der Waals surface area contributed by atoms with Crippen LogP contribution >= 0.6 is 0 Å². The molecule has 3 N–H and O–H groups in total. The second-order valence-electron chi connectivity index (χ2n) is 4.30. The number of hydrogen-bond acceptors (Lipinski definition) is 7. The van der Waals surface area contributed by atoms with E-state index in [1.54, 1.807) is 6.92 Å². The highest BCUT2D eigenvalue weighted by Gasteiger charge is 2.26. The molecule has 0 aliphatic heterocycles. The van der Waals surface area contributed by atoms with E-state index in [0.29, 0.717) is 6.29 Å². The van der Waals surface area contributed by atoms with Crippen LogP contribution in [0.5, 0.6) is 11.5 Å². The monoisotopic (exact) mass is 298 g/mol. The summed E-state index contributed by atoms with van der Waals surface area (Å²) in [6.07, 6.45) is -2.99. The molecule has 0 saturated heterocycles. The van der Waals surface area contributed by atoms with Crippen molar-refractivity contribution in [2.45, 2.75) is 25.6 Å². The van der Waals surface area contributed by atoms with Crippen molar-refractivity contribution in [2.24, 2.45) is 0 Å². The Bertz CT molecular complexity index is 512. The molecule has 21 heavy (non-hydrogen) atoms. The van der Waals surface area contributed by atoms with E-state index in [2.05, 4.69) is 4.74 Å². The van der Waals surface area contributed by atoms with Crippen LogP contribution < -0.4 is 4.74 Å². The molecule has 7 nitrogen and oxygen atoms in total. The molecule has 0 bridgehead atoms. The van der Waals surface area contributed by atoms with Crippen molar-refractivity contribution in [1.29, 1.82) is 0 Å². The molecule has 2 atom stereocenters. The Balaban J connectivity index is 3.12. The Kier molecular flexibility index (Phi) is 6.13. The van der Waals surface area contributed by atoms with Gasteiger partial charge >= 0.3 is 5.97 Å². The summed E-state index contributed by atoms with van der Waals surface area (Å²) in [7, 11) is 1.15. The zero-order valence-electron chi connectivity index (χ0n) is 11.8. The van der Waals surface area contributed by atoms with Crippen LogP contribution in [0.4, 0.5) is 0 Å². The van der Waals surface area contributed by atoms with E-state index in [1.165, 1.54) is 12.1 Å². The van der Waals surface area contributed by atoms with Gasteiger partial charge in [-0.25, -0.2) is 0 Å². The lowest BCUT2D eigenvalue weighted by Crippen LogP contribution is -2.23. The fourth-order valence-electron chi connectivity index (χ4n) is 1.78. The predicted molar refractivity (Wildman–Crippen MR) is 72.3 cm³/mol. The fourth-order valence-corrected chi connectivity index (χ4v) is 1.78. The lowest BCUT2D eigenvalue weighted by atomic mass is 9.98. The van der Waals surface area contributed by atoms with Crippen molar-refractivity contribution >= 4 is 12.3 Å². The van der Waals surface area contributed by atoms with Crippen LogP contribution in [0, 0.1) is 0 Å². The molecule has 2 unspecified atom stereocenters. The van der Waals surface area contributed by atoms with Gasteiger partial charge in [0, 0.05) is 11.1 Å². The number of carbonyl (C=O) groups excluding carboxylic acids is 2. The standard InChI is InChI=1S/C14H18O7/c1-3-21-11-5-8(7-15)4-9(14(11)19)13(18)10(16)6-12(17)20-2/h4-5,7,10,13,16,18-19H,3,6H2,1-2H3. The first kappa shape index (κ1) is 16.9. The number of methoxy groups -OCH3 is 1. The molecule has 116 valence electrons. The van der Waals surface area contributed by atoms with Crippen molar-refractivity contribution in [2.75, 3.05) is 13.7 Å². The van der Waals surface area contributed by atoms with Crippen LogP contribution in [-0.2, 0) is 9.53 Å². The maximum absolute atomic E-state index is 11.1. The first-order chi connectivity index (χ1) is 9.94. The van der Waals surface area contributed by atoms with Gasteiger partial charge in [0.25, 0.3) is 0 Å². The molecule has 0 aromatic heterocycles. The molecule has 0 aliphatic rings. The molecule has 0 heterocycles. The Morgan fingerprint density at radius 2 is 2.05 bits per heavy atom. The summed E-state index contributed by atoms with van der Waals surface area (Å²) in [5.74, 6) is -1.09. The lowest BCUT2D eigenvalue weighted by Gasteiger charge is -2.20. The minimum atomic E-state index is -1.57. The minimum Gasteiger partial charge on any atom is -0.504 e. The van der Waals surface area contributed by atoms with Gasteiger partial charge in [-0.2, -0.15) is 0 Å². The summed E-state index contributed by atoms with van der Waals surface area (Å²) >= 11 is 0. The summed E-state index contributed by atoms with van der Waals surface area (Å²) in [6, 6.07) is 2.53. The highest BCUT2D eigenvalue weighted by molar-refractivity contribution is 5.77. The Labute approximate surface area is 121 Å². The third kappa shape index (κ3) is 4.17. The van der Waals surface area contributed by atoms with Gasteiger partial charge in [0.2, 0.25) is 0 Å². The molecule has 1 rings (SSSR count). The van der Waals surface area contributed by atoms with Gasteiger partial charge < -0.3 is 24.8 Å². The van der Waals surface area contributed by atoms with Crippen LogP contribution in [-0.4, -0.2) is 47.4 Å². The molecular weight excluding hydrogens is 280 g/mol. The van der Waals surface area contributed by atoms with Gasteiger partial charge in [-0.3, -0.25) is 9.59 Å². The van der Waals surface area contributed by atoms with E-state index in [9.17, 15) is 24.9 Å². The predicted octanol–water partition coefficient (Wildman–Crippen LogP) is 0.561. The van der Waals surface area contributed by atoms with Crippen molar-refractivity contribution < 1.29 is 34.4 Å². The molecule has 0 spiro atoms. The Morgan fingerprint density at radius 1 is 1.38 bits per heavy atom. The van der Waals surface area contributed by atoms with E-state index >= 15 is 0 Å². The van der Waals surface area contributed by atoms with Gasteiger partial charge in [-0.05, 0) is 19.1 Å². The largest absolute Gasteiger partial charge is 0.504 e. The third-order valence-electron chi connectivity index (χ3n) is 2.85. The van der Waals surface area contributed by atoms with Crippen LogP contribution in [0.2, 0.25) is 0 Å². The highest BCUT2D eigenvalue weighted by atomic mass is 16.5. The number of carbonyl (C=O) groups is 2. The van der Waals surface area contributed by atoms with Gasteiger partial charge in [0.15, 0.2) is 11.5 Å². The number of aliphatic hydroxyl groups is 2. The van der Waals surface area contributed by atoms with E-state index in [4.69, 9.17) is 4.74 Å². The average molecular weight is 298 g/mol. The zero-order chi connectivity index (χ0) is 16.0. The number of esters is 1. The van der Waals surface area contributed by atoms with Crippen molar-refractivity contribution in [3.63, 3.8) is 0 Å². The number of aldehydes is 1. The van der Waals surface area contributed by atoms with Crippen molar-refractivity contribution in [3.05, 3.63) is 23.3 Å². The summed E-state index contributed by atoms with van der Waals surface area (Å²) < 4.78 is 9.55. The number of phenols is 1. The second kappa shape index (κ2) is 7.61. The first-order valence-electron chi connectivity index (χ1n) is 6.32. The average Bonchev–Trinajstić information content (AvgIpc) is 2.48. The van der Waals surface area contributed by atoms with Crippen molar-refractivity contribution in [1.82, 2.24) is 0 Å². The summed E-state index contributed by atoms with van der Waals surface area (Å²) in [6.45, 7) is 1.94. The topological polar surface area (TPSA) is 113 Å². The first-order valence-corrected chi connectivity index (χ1v) is 6.32. The van der Waals surface area contributed by atoms with Crippen molar-refractivity contribution in [3.8, 4) is 11.5 Å². The Morgan fingerprint density at radius 3 is 2.57 bits per heavy atom. The SMILES string of the molecule is CCOc1cc(C=O)cc(C(O)C(O)CC(=O)OC)c1O. The van der Waals surface area contributed by atoms with Gasteiger partial charge in [-0.1, -0.05) is 0 Å². The smallest absolute Gasteiger partial charge is 0.308 e. The fraction of sp³-hybridized carbons (Fsp3) is 0.429. The third-order valence-corrected chi connectivity index (χ3v) is 2.85. The second-order valence-corrected chi connectivity index (χ2v) is 4.30. The molecule has 0 amide bonds. The summed E-state index contributed by atoms with van der Waals surface area (Å²) in [4.78, 5) is 22.0. The molecule has 7 heteroatoms. The van der Waals surface area contributed by atoms with E-state index < -0.39 is 24.6 Å². The van der Waals surface area contributed by atoms with Crippen LogP contribution in [0.25, 0.3) is 0 Å². The molecule has 0 aliphatic carbocycles. The van der Waals surface area contributed by atoms with E-state index in [0.717, 1.165) is 7.11 Å². The number of aromatic hydroxyl groups is 1. The summed E-state index contributed by atoms with van der Waals surface area (Å²) in [5.41, 5.74) is 0.0648. The molecule has 1 aromatic carbocycles. The molecular formula is C14H18O7. The summed E-state index contributed by atoms with van der Waals surface area (Å²) in [5, 5.41) is 29.9.